The van der Waals surface area contributed by atoms with Crippen LogP contribution in [0.15, 0.2) is 48.9 Å². The number of amides is 1. The fourth-order valence-corrected chi connectivity index (χ4v) is 3.34. The van der Waals surface area contributed by atoms with Gasteiger partial charge in [-0.1, -0.05) is 30.3 Å². The number of hydrogen-bond donors (Lipinski definition) is 1. The summed E-state index contributed by atoms with van der Waals surface area (Å²) in [7, 11) is 0. The summed E-state index contributed by atoms with van der Waals surface area (Å²) in [6.45, 7) is 0.748. The van der Waals surface area contributed by atoms with Gasteiger partial charge < -0.3 is 4.90 Å². The Labute approximate surface area is 151 Å². The minimum Gasteiger partial charge on any atom is -0.332 e. The maximum atomic E-state index is 12.9. The number of hydrogen-bond acceptors (Lipinski definition) is 5. The van der Waals surface area contributed by atoms with Gasteiger partial charge in [0.15, 0.2) is 0 Å². The van der Waals surface area contributed by atoms with Crippen molar-refractivity contribution >= 4 is 5.91 Å². The molecule has 0 saturated carbocycles. The van der Waals surface area contributed by atoms with Crippen molar-refractivity contribution in [2.75, 3.05) is 6.54 Å². The predicted molar refractivity (Wildman–Crippen MR) is 95.9 cm³/mol. The van der Waals surface area contributed by atoms with Gasteiger partial charge in [0.25, 0.3) is 0 Å². The van der Waals surface area contributed by atoms with E-state index in [1.165, 1.54) is 0 Å². The van der Waals surface area contributed by atoms with E-state index in [4.69, 9.17) is 0 Å². The summed E-state index contributed by atoms with van der Waals surface area (Å²) >= 11 is 0. The van der Waals surface area contributed by atoms with E-state index >= 15 is 0 Å². The Hall–Kier alpha value is -3.09. The van der Waals surface area contributed by atoms with Crippen LogP contribution < -0.4 is 0 Å². The van der Waals surface area contributed by atoms with E-state index in [2.05, 4.69) is 25.1 Å². The number of carbonyl (C=O) groups is 1. The Balaban J connectivity index is 1.54. The molecule has 4 rings (SSSR count). The van der Waals surface area contributed by atoms with Gasteiger partial charge in [-0.2, -0.15) is 5.10 Å². The molecule has 1 aliphatic heterocycles. The molecule has 7 heteroatoms. The Kier molecular flexibility index (Phi) is 4.68. The van der Waals surface area contributed by atoms with Crippen LogP contribution >= 0.6 is 0 Å². The molecule has 1 aliphatic rings. The topological polar surface area (TPSA) is 87.7 Å². The molecule has 1 saturated heterocycles. The summed E-state index contributed by atoms with van der Waals surface area (Å²) in [4.78, 5) is 27.7. The lowest BCUT2D eigenvalue weighted by molar-refractivity contribution is -0.134. The first kappa shape index (κ1) is 16.4. The third-order valence-corrected chi connectivity index (χ3v) is 4.63. The minimum absolute atomic E-state index is 0.0714. The van der Waals surface area contributed by atoms with E-state index in [1.807, 2.05) is 35.2 Å². The Morgan fingerprint density at radius 1 is 1.19 bits per heavy atom. The van der Waals surface area contributed by atoms with Crippen molar-refractivity contribution in [1.29, 1.82) is 0 Å². The number of carbonyl (C=O) groups excluding carboxylic acids is 1. The molecule has 3 aromatic rings. The van der Waals surface area contributed by atoms with Gasteiger partial charge in [-0.3, -0.25) is 14.9 Å². The Morgan fingerprint density at radius 3 is 2.88 bits per heavy atom. The lowest BCUT2D eigenvalue weighted by Crippen LogP contribution is -2.39. The van der Waals surface area contributed by atoms with E-state index in [-0.39, 0.29) is 11.9 Å². The molecular weight excluding hydrogens is 328 g/mol. The second-order valence-electron chi connectivity index (χ2n) is 6.40. The summed E-state index contributed by atoms with van der Waals surface area (Å²) in [5.41, 5.74) is 1.65. The van der Waals surface area contributed by atoms with Gasteiger partial charge in [-0.25, -0.2) is 9.97 Å². The summed E-state index contributed by atoms with van der Waals surface area (Å²) in [6, 6.07) is 9.77. The average Bonchev–Trinajstić information content (AvgIpc) is 3.19. The van der Waals surface area contributed by atoms with Crippen molar-refractivity contribution in [3.63, 3.8) is 0 Å². The van der Waals surface area contributed by atoms with Crippen LogP contribution in [0.1, 0.15) is 36.7 Å². The van der Waals surface area contributed by atoms with Gasteiger partial charge in [0, 0.05) is 18.9 Å². The fourth-order valence-electron chi connectivity index (χ4n) is 3.34. The molecule has 1 aromatic carbocycles. The molecule has 0 aliphatic carbocycles. The number of aromatic amines is 1. The molecule has 1 amide bonds. The first-order chi connectivity index (χ1) is 12.8. The number of nitrogens with one attached hydrogen (secondary N) is 1. The van der Waals surface area contributed by atoms with Gasteiger partial charge >= 0.3 is 0 Å². The molecule has 26 heavy (non-hydrogen) atoms. The first-order valence-corrected chi connectivity index (χ1v) is 8.83. The van der Waals surface area contributed by atoms with Crippen LogP contribution in [0.3, 0.4) is 0 Å². The molecule has 2 aromatic heterocycles. The highest BCUT2D eigenvalue weighted by atomic mass is 16.2. The molecular formula is C19H20N6O. The number of likely N-dealkylation sites (tertiary alicyclic amines) is 1. The van der Waals surface area contributed by atoms with E-state index < -0.39 is 0 Å². The van der Waals surface area contributed by atoms with Crippen LogP contribution in [-0.4, -0.2) is 42.5 Å². The third-order valence-electron chi connectivity index (χ3n) is 4.63. The van der Waals surface area contributed by atoms with Crippen molar-refractivity contribution in [3.8, 4) is 11.5 Å². The molecule has 0 radical (unpaired) electrons. The Bertz CT molecular complexity index is 864. The highest BCUT2D eigenvalue weighted by Crippen LogP contribution is 2.30. The van der Waals surface area contributed by atoms with Crippen LogP contribution in [0, 0.1) is 0 Å². The molecule has 0 bridgehead atoms. The molecule has 1 N–H and O–H groups in total. The SMILES string of the molecule is O=C(Cc1ccccc1)N1CCCCC1c1nc(-c2cnccn2)n[nH]1. The minimum atomic E-state index is -0.0714. The first-order valence-electron chi connectivity index (χ1n) is 8.83. The zero-order valence-electron chi connectivity index (χ0n) is 14.4. The number of nitrogens with zero attached hydrogens (tertiary/aromatic N) is 5. The van der Waals surface area contributed by atoms with E-state index in [0.717, 1.165) is 31.4 Å². The summed E-state index contributed by atoms with van der Waals surface area (Å²) in [5.74, 6) is 1.35. The van der Waals surface area contributed by atoms with Crippen LogP contribution in [0.2, 0.25) is 0 Å². The normalized spacial score (nSPS) is 17.2. The standard InChI is InChI=1S/C19H20N6O/c26-17(12-14-6-2-1-3-7-14)25-11-5-4-8-16(25)19-22-18(23-24-19)15-13-20-9-10-21-15/h1-3,6-7,9-10,13,16H,4-5,8,11-12H2,(H,22,23,24). The fraction of sp³-hybridized carbons (Fsp3) is 0.316. The number of H-pyrrole nitrogens is 1. The zero-order chi connectivity index (χ0) is 17.8. The number of benzene rings is 1. The number of rotatable bonds is 4. The maximum absolute atomic E-state index is 12.9. The zero-order valence-corrected chi connectivity index (χ0v) is 14.4. The van der Waals surface area contributed by atoms with Crippen molar-refractivity contribution in [2.45, 2.75) is 31.7 Å². The highest BCUT2D eigenvalue weighted by Gasteiger charge is 2.30. The van der Waals surface area contributed by atoms with Gasteiger partial charge in [0.1, 0.15) is 11.5 Å². The van der Waals surface area contributed by atoms with Crippen LogP contribution in [0.25, 0.3) is 11.5 Å². The second kappa shape index (κ2) is 7.43. The van der Waals surface area contributed by atoms with E-state index in [1.54, 1.807) is 18.6 Å². The maximum Gasteiger partial charge on any atom is 0.227 e. The van der Waals surface area contributed by atoms with Crippen LogP contribution in [0.4, 0.5) is 0 Å². The van der Waals surface area contributed by atoms with Gasteiger partial charge in [0.2, 0.25) is 11.7 Å². The van der Waals surface area contributed by atoms with Gasteiger partial charge in [-0.05, 0) is 24.8 Å². The van der Waals surface area contributed by atoms with Crippen molar-refractivity contribution in [2.24, 2.45) is 0 Å². The third kappa shape index (κ3) is 3.46. The van der Waals surface area contributed by atoms with Crippen molar-refractivity contribution < 1.29 is 4.79 Å². The molecule has 7 nitrogen and oxygen atoms in total. The largest absolute Gasteiger partial charge is 0.332 e. The quantitative estimate of drug-likeness (QED) is 0.783. The predicted octanol–water partition coefficient (Wildman–Crippen LogP) is 2.56. The van der Waals surface area contributed by atoms with Gasteiger partial charge in [0.05, 0.1) is 18.7 Å². The van der Waals surface area contributed by atoms with Crippen LogP contribution in [0.5, 0.6) is 0 Å². The molecule has 1 atom stereocenters. The molecule has 3 heterocycles. The van der Waals surface area contributed by atoms with Gasteiger partial charge in [-0.15, -0.1) is 0 Å². The number of aromatic nitrogens is 5. The summed E-state index contributed by atoms with van der Waals surface area (Å²) in [6.07, 6.45) is 8.23. The highest BCUT2D eigenvalue weighted by molar-refractivity contribution is 5.79. The molecule has 132 valence electrons. The molecule has 1 unspecified atom stereocenters. The molecule has 0 spiro atoms. The van der Waals surface area contributed by atoms with Crippen LogP contribution in [-0.2, 0) is 11.2 Å². The Morgan fingerprint density at radius 2 is 2.08 bits per heavy atom. The summed E-state index contributed by atoms with van der Waals surface area (Å²) in [5, 5.41) is 7.26. The smallest absolute Gasteiger partial charge is 0.227 e. The lowest BCUT2D eigenvalue weighted by atomic mass is 10.00. The summed E-state index contributed by atoms with van der Waals surface area (Å²) < 4.78 is 0. The van der Waals surface area contributed by atoms with Crippen molar-refractivity contribution in [3.05, 3.63) is 60.3 Å². The average molecular weight is 348 g/mol. The van der Waals surface area contributed by atoms with Crippen molar-refractivity contribution in [1.82, 2.24) is 30.0 Å². The van der Waals surface area contributed by atoms with E-state index in [0.29, 0.717) is 23.8 Å². The molecule has 1 fully saturated rings. The van der Waals surface area contributed by atoms with E-state index in [9.17, 15) is 4.79 Å². The number of piperidine rings is 1. The monoisotopic (exact) mass is 348 g/mol. The lowest BCUT2D eigenvalue weighted by Gasteiger charge is -2.34. The second-order valence-corrected chi connectivity index (χ2v) is 6.40.